The van der Waals surface area contributed by atoms with E-state index in [-0.39, 0.29) is 5.96 Å². The minimum atomic E-state index is -4.67. The van der Waals surface area contributed by atoms with Gasteiger partial charge in [0.1, 0.15) is 0 Å². The van der Waals surface area contributed by atoms with Gasteiger partial charge in [-0.1, -0.05) is 30.3 Å². The molecule has 0 fully saturated rings. The Labute approximate surface area is 106 Å². The maximum absolute atomic E-state index is 8.74. The summed E-state index contributed by atoms with van der Waals surface area (Å²) in [5.41, 5.74) is 11.7. The summed E-state index contributed by atoms with van der Waals surface area (Å²) in [5, 5.41) is 0. The molecule has 0 bridgehead atoms. The van der Waals surface area contributed by atoms with E-state index in [9.17, 15) is 0 Å². The molecule has 0 spiro atoms. The van der Waals surface area contributed by atoms with Crippen molar-refractivity contribution in [2.45, 2.75) is 12.8 Å². The van der Waals surface area contributed by atoms with E-state index in [4.69, 9.17) is 29.0 Å². The number of aryl methyl sites for hydroxylation is 1. The van der Waals surface area contributed by atoms with Gasteiger partial charge in [-0.2, -0.15) is 8.42 Å². The fourth-order valence-corrected chi connectivity index (χ4v) is 1.14. The van der Waals surface area contributed by atoms with Gasteiger partial charge in [0.25, 0.3) is 0 Å². The molecule has 102 valence electrons. The van der Waals surface area contributed by atoms with Crippen molar-refractivity contribution in [1.82, 2.24) is 0 Å². The first-order valence-corrected chi connectivity index (χ1v) is 6.48. The van der Waals surface area contributed by atoms with Gasteiger partial charge in [-0.15, -0.1) is 0 Å². The van der Waals surface area contributed by atoms with Crippen LogP contribution >= 0.6 is 0 Å². The average Bonchev–Trinajstić information content (AvgIpc) is 2.23. The number of hydrogen-bond acceptors (Lipinski definition) is 3. The van der Waals surface area contributed by atoms with Gasteiger partial charge >= 0.3 is 10.4 Å². The van der Waals surface area contributed by atoms with Gasteiger partial charge in [0.05, 0.1) is 0 Å². The zero-order chi connectivity index (χ0) is 14.0. The number of benzene rings is 1. The van der Waals surface area contributed by atoms with Crippen LogP contribution in [0.15, 0.2) is 35.3 Å². The molecule has 6 N–H and O–H groups in total. The van der Waals surface area contributed by atoms with E-state index in [1.807, 2.05) is 18.2 Å². The molecule has 0 aliphatic rings. The van der Waals surface area contributed by atoms with Crippen LogP contribution < -0.4 is 11.5 Å². The van der Waals surface area contributed by atoms with Crippen LogP contribution in [0.4, 0.5) is 0 Å². The molecule has 0 aliphatic carbocycles. The minimum Gasteiger partial charge on any atom is -0.370 e. The lowest BCUT2D eigenvalue weighted by molar-refractivity contribution is 0.381. The third kappa shape index (κ3) is 14.4. The highest BCUT2D eigenvalue weighted by Crippen LogP contribution is 2.01. The van der Waals surface area contributed by atoms with Crippen molar-refractivity contribution < 1.29 is 17.5 Å². The third-order valence-electron chi connectivity index (χ3n) is 1.76. The number of rotatable bonds is 4. The Morgan fingerprint density at radius 2 is 1.67 bits per heavy atom. The summed E-state index contributed by atoms with van der Waals surface area (Å²) >= 11 is 0. The van der Waals surface area contributed by atoms with E-state index in [0.717, 1.165) is 12.8 Å². The minimum absolute atomic E-state index is 0.174. The quantitative estimate of drug-likeness (QED) is 0.268. The molecule has 0 atom stereocenters. The van der Waals surface area contributed by atoms with Crippen molar-refractivity contribution in [2.75, 3.05) is 6.54 Å². The summed E-state index contributed by atoms with van der Waals surface area (Å²) in [6, 6.07) is 10.3. The Morgan fingerprint density at radius 1 is 1.17 bits per heavy atom. The van der Waals surface area contributed by atoms with E-state index < -0.39 is 10.4 Å². The molecule has 0 radical (unpaired) electrons. The van der Waals surface area contributed by atoms with Crippen molar-refractivity contribution >= 4 is 16.4 Å². The van der Waals surface area contributed by atoms with Gasteiger partial charge in [-0.05, 0) is 18.4 Å². The lowest BCUT2D eigenvalue weighted by Crippen LogP contribution is -2.23. The number of nitrogens with two attached hydrogens (primary N) is 2. The van der Waals surface area contributed by atoms with Crippen LogP contribution in [0.3, 0.4) is 0 Å². The second-order valence-electron chi connectivity index (χ2n) is 3.34. The molecule has 7 nitrogen and oxygen atoms in total. The first-order chi connectivity index (χ1) is 8.29. The van der Waals surface area contributed by atoms with Gasteiger partial charge in [0.15, 0.2) is 5.96 Å². The predicted molar refractivity (Wildman–Crippen MR) is 69.6 cm³/mol. The predicted octanol–water partition coefficient (Wildman–Crippen LogP) is 0.240. The lowest BCUT2D eigenvalue weighted by Gasteiger charge is -1.98. The highest BCUT2D eigenvalue weighted by Gasteiger charge is 1.90. The Bertz CT molecular complexity index is 447. The summed E-state index contributed by atoms with van der Waals surface area (Å²) in [6.07, 6.45) is 2.01. The number of hydrogen-bond donors (Lipinski definition) is 4. The van der Waals surface area contributed by atoms with Crippen LogP contribution in [0, 0.1) is 0 Å². The molecule has 0 saturated heterocycles. The Morgan fingerprint density at radius 3 is 2.11 bits per heavy atom. The molecular formula is C10H17N3O4S. The van der Waals surface area contributed by atoms with Gasteiger partial charge < -0.3 is 11.5 Å². The first kappa shape index (κ1) is 16.4. The largest absolute Gasteiger partial charge is 0.394 e. The summed E-state index contributed by atoms with van der Waals surface area (Å²) in [4.78, 5) is 3.91. The molecule has 8 heteroatoms. The highest BCUT2D eigenvalue weighted by molar-refractivity contribution is 7.79. The standard InChI is InChI=1S/C10H15N3.H2O4S/c11-10(12)13-8-4-7-9-5-2-1-3-6-9;1-5(2,3)4/h1-3,5-6H,4,7-8H2,(H4,11,12,13);(H2,1,2,3,4). The smallest absolute Gasteiger partial charge is 0.370 e. The van der Waals surface area contributed by atoms with Gasteiger partial charge in [-0.3, -0.25) is 14.1 Å². The SMILES string of the molecule is NC(N)=NCCCc1ccccc1.O=S(=O)(O)O. The number of guanidine groups is 1. The normalized spacial score (nSPS) is 10.1. The second kappa shape index (κ2) is 8.45. The highest BCUT2D eigenvalue weighted by atomic mass is 32.3. The molecule has 18 heavy (non-hydrogen) atoms. The number of aliphatic imine (C=N–C) groups is 1. The van der Waals surface area contributed by atoms with Gasteiger partial charge in [-0.25, -0.2) is 0 Å². The molecule has 0 aliphatic heterocycles. The number of nitrogens with zero attached hydrogens (tertiary/aromatic N) is 1. The molecule has 1 aromatic carbocycles. The van der Waals surface area contributed by atoms with Crippen molar-refractivity contribution in [3.05, 3.63) is 35.9 Å². The van der Waals surface area contributed by atoms with Crippen LogP contribution in [0.25, 0.3) is 0 Å². The van der Waals surface area contributed by atoms with E-state index in [1.165, 1.54) is 5.56 Å². The Hall–Kier alpha value is -1.64. The van der Waals surface area contributed by atoms with Gasteiger partial charge in [0.2, 0.25) is 0 Å². The maximum atomic E-state index is 8.74. The van der Waals surface area contributed by atoms with Crippen molar-refractivity contribution in [1.29, 1.82) is 0 Å². The van der Waals surface area contributed by atoms with Crippen molar-refractivity contribution in [3.63, 3.8) is 0 Å². The fourth-order valence-electron chi connectivity index (χ4n) is 1.14. The van der Waals surface area contributed by atoms with Crippen LogP contribution in [-0.4, -0.2) is 30.0 Å². The lowest BCUT2D eigenvalue weighted by atomic mass is 10.1. The molecule has 0 unspecified atom stereocenters. The van der Waals surface area contributed by atoms with E-state index in [0.29, 0.717) is 6.54 Å². The molecule has 0 saturated carbocycles. The zero-order valence-electron chi connectivity index (χ0n) is 9.73. The molecule has 1 aromatic rings. The summed E-state index contributed by atoms with van der Waals surface area (Å²) < 4.78 is 31.6. The van der Waals surface area contributed by atoms with Crippen LogP contribution in [0.5, 0.6) is 0 Å². The molecule has 0 aromatic heterocycles. The topological polar surface area (TPSA) is 139 Å². The van der Waals surface area contributed by atoms with E-state index in [1.54, 1.807) is 0 Å². The third-order valence-corrected chi connectivity index (χ3v) is 1.76. The molecule has 1 rings (SSSR count). The zero-order valence-corrected chi connectivity index (χ0v) is 10.5. The molecule has 0 amide bonds. The summed E-state index contributed by atoms with van der Waals surface area (Å²) in [5.74, 6) is 0.174. The van der Waals surface area contributed by atoms with Gasteiger partial charge in [0, 0.05) is 6.54 Å². The van der Waals surface area contributed by atoms with Crippen LogP contribution in [0.1, 0.15) is 12.0 Å². The summed E-state index contributed by atoms with van der Waals surface area (Å²) in [6.45, 7) is 0.706. The van der Waals surface area contributed by atoms with Crippen molar-refractivity contribution in [3.8, 4) is 0 Å². The van der Waals surface area contributed by atoms with Crippen LogP contribution in [-0.2, 0) is 16.8 Å². The molecule has 0 heterocycles. The second-order valence-corrected chi connectivity index (χ2v) is 4.24. The molecular weight excluding hydrogens is 258 g/mol. The Kier molecular flexibility index (Phi) is 7.68. The van der Waals surface area contributed by atoms with E-state index in [2.05, 4.69) is 17.1 Å². The monoisotopic (exact) mass is 275 g/mol. The summed E-state index contributed by atoms with van der Waals surface area (Å²) in [7, 11) is -4.67. The fraction of sp³-hybridized carbons (Fsp3) is 0.300. The Balaban J connectivity index is 0.000000494. The van der Waals surface area contributed by atoms with Crippen LogP contribution in [0.2, 0.25) is 0 Å². The average molecular weight is 275 g/mol. The van der Waals surface area contributed by atoms with Crippen molar-refractivity contribution in [2.24, 2.45) is 16.5 Å². The first-order valence-electron chi connectivity index (χ1n) is 5.08. The maximum Gasteiger partial charge on any atom is 0.394 e. The van der Waals surface area contributed by atoms with E-state index >= 15 is 0 Å².